The summed E-state index contributed by atoms with van der Waals surface area (Å²) in [6.45, 7) is 6.33. The Morgan fingerprint density at radius 1 is 1.52 bits per heavy atom. The number of aromatic nitrogens is 1. The Morgan fingerprint density at radius 3 is 2.87 bits per heavy atom. The summed E-state index contributed by atoms with van der Waals surface area (Å²) in [6, 6.07) is 4.67. The molecule has 1 aliphatic heterocycles. The van der Waals surface area contributed by atoms with E-state index in [9.17, 15) is 0 Å². The standard InChI is InChI=1S/C17H28N4O.HI/c1-17(2)14(13-8-10-22-15(13)17)19-16(18-3)21(5)11-12-7-6-9-20(12)4;/h6-7,9,13-15H,8,10-11H2,1-5H3,(H,18,19);1H. The average molecular weight is 432 g/mol. The summed E-state index contributed by atoms with van der Waals surface area (Å²) < 4.78 is 8.03. The van der Waals surface area contributed by atoms with Gasteiger partial charge in [-0.1, -0.05) is 13.8 Å². The number of halogens is 1. The molecule has 3 rings (SSSR count). The number of nitrogens with one attached hydrogen (secondary N) is 1. The van der Waals surface area contributed by atoms with E-state index in [1.807, 2.05) is 7.05 Å². The van der Waals surface area contributed by atoms with Gasteiger partial charge in [0.2, 0.25) is 0 Å². The number of aliphatic imine (C=N–C) groups is 1. The minimum absolute atomic E-state index is 0. The summed E-state index contributed by atoms with van der Waals surface area (Å²) in [5.41, 5.74) is 1.45. The van der Waals surface area contributed by atoms with Crippen molar-refractivity contribution in [2.45, 2.75) is 39.0 Å². The highest BCUT2D eigenvalue weighted by Gasteiger charge is 2.59. The van der Waals surface area contributed by atoms with Gasteiger partial charge in [-0.25, -0.2) is 0 Å². The van der Waals surface area contributed by atoms with Gasteiger partial charge in [0.1, 0.15) is 0 Å². The molecule has 1 aliphatic carbocycles. The highest BCUT2D eigenvalue weighted by Crippen LogP contribution is 2.52. The summed E-state index contributed by atoms with van der Waals surface area (Å²) in [6.07, 6.45) is 3.64. The SMILES string of the molecule is CN=C(NC1C2CCOC2C1(C)C)N(C)Cc1cccn1C.I. The molecule has 5 nitrogen and oxygen atoms in total. The zero-order valence-electron chi connectivity index (χ0n) is 14.7. The maximum Gasteiger partial charge on any atom is 0.193 e. The van der Waals surface area contributed by atoms with Crippen molar-refractivity contribution >= 4 is 29.9 Å². The van der Waals surface area contributed by atoms with Crippen molar-refractivity contribution in [2.75, 3.05) is 20.7 Å². The van der Waals surface area contributed by atoms with Crippen molar-refractivity contribution in [3.63, 3.8) is 0 Å². The molecule has 0 amide bonds. The van der Waals surface area contributed by atoms with E-state index in [1.54, 1.807) is 0 Å². The molecule has 0 radical (unpaired) electrons. The van der Waals surface area contributed by atoms with Gasteiger partial charge in [0, 0.05) is 57.0 Å². The van der Waals surface area contributed by atoms with Crippen LogP contribution in [0.5, 0.6) is 0 Å². The van der Waals surface area contributed by atoms with E-state index in [4.69, 9.17) is 4.74 Å². The van der Waals surface area contributed by atoms with Crippen LogP contribution in [0.1, 0.15) is 26.0 Å². The van der Waals surface area contributed by atoms with Crippen LogP contribution < -0.4 is 5.32 Å². The fraction of sp³-hybridized carbons (Fsp3) is 0.706. The molecule has 1 aromatic rings. The fourth-order valence-electron chi connectivity index (χ4n) is 4.08. The Morgan fingerprint density at radius 2 is 2.26 bits per heavy atom. The van der Waals surface area contributed by atoms with Crippen LogP contribution in [-0.4, -0.2) is 48.3 Å². The van der Waals surface area contributed by atoms with Crippen LogP contribution in [0.4, 0.5) is 0 Å². The van der Waals surface area contributed by atoms with Gasteiger partial charge >= 0.3 is 0 Å². The first-order chi connectivity index (χ1) is 10.4. The molecule has 1 aromatic heterocycles. The van der Waals surface area contributed by atoms with Crippen molar-refractivity contribution < 1.29 is 4.74 Å². The highest BCUT2D eigenvalue weighted by atomic mass is 127. The zero-order chi connectivity index (χ0) is 15.9. The van der Waals surface area contributed by atoms with Crippen LogP contribution in [0, 0.1) is 11.3 Å². The van der Waals surface area contributed by atoms with Crippen LogP contribution in [0.3, 0.4) is 0 Å². The molecule has 2 fully saturated rings. The lowest BCUT2D eigenvalue weighted by Crippen LogP contribution is -2.67. The van der Waals surface area contributed by atoms with Gasteiger partial charge < -0.3 is 19.5 Å². The van der Waals surface area contributed by atoms with Gasteiger partial charge in [0.05, 0.1) is 12.6 Å². The van der Waals surface area contributed by atoms with Crippen LogP contribution >= 0.6 is 24.0 Å². The number of fused-ring (bicyclic) bond motifs is 1. The zero-order valence-corrected chi connectivity index (χ0v) is 17.1. The van der Waals surface area contributed by atoms with Gasteiger partial charge in [-0.15, -0.1) is 24.0 Å². The van der Waals surface area contributed by atoms with Gasteiger partial charge in [0.15, 0.2) is 5.96 Å². The first-order valence-corrected chi connectivity index (χ1v) is 8.11. The molecule has 1 saturated heterocycles. The molecule has 130 valence electrons. The van der Waals surface area contributed by atoms with Crippen LogP contribution in [0.25, 0.3) is 0 Å². The van der Waals surface area contributed by atoms with E-state index in [0.29, 0.717) is 18.1 Å². The Balaban J connectivity index is 0.00000192. The van der Waals surface area contributed by atoms with Crippen LogP contribution in [-0.2, 0) is 18.3 Å². The number of hydrogen-bond donors (Lipinski definition) is 1. The summed E-state index contributed by atoms with van der Waals surface area (Å²) in [5, 5.41) is 3.68. The van der Waals surface area contributed by atoms with E-state index >= 15 is 0 Å². The topological polar surface area (TPSA) is 41.8 Å². The second kappa shape index (κ2) is 7.01. The molecule has 3 unspecified atom stereocenters. The van der Waals surface area contributed by atoms with Crippen molar-refractivity contribution in [1.29, 1.82) is 0 Å². The lowest BCUT2D eigenvalue weighted by atomic mass is 9.57. The third-order valence-corrected chi connectivity index (χ3v) is 5.41. The molecule has 23 heavy (non-hydrogen) atoms. The number of hydrogen-bond acceptors (Lipinski definition) is 2. The van der Waals surface area contributed by atoms with Crippen LogP contribution in [0.15, 0.2) is 23.3 Å². The molecule has 3 atom stereocenters. The second-order valence-corrected chi connectivity index (χ2v) is 7.20. The lowest BCUT2D eigenvalue weighted by molar-refractivity contribution is -0.107. The molecule has 0 bridgehead atoms. The number of nitrogens with zero attached hydrogens (tertiary/aromatic N) is 3. The summed E-state index contributed by atoms with van der Waals surface area (Å²) in [5.74, 6) is 1.58. The molecule has 6 heteroatoms. The molecular formula is C17H29IN4O. The molecule has 0 aromatic carbocycles. The lowest BCUT2D eigenvalue weighted by Gasteiger charge is -2.55. The van der Waals surface area contributed by atoms with E-state index < -0.39 is 0 Å². The van der Waals surface area contributed by atoms with Gasteiger partial charge in [-0.05, 0) is 18.6 Å². The minimum Gasteiger partial charge on any atom is -0.377 e. The predicted molar refractivity (Wildman–Crippen MR) is 104 cm³/mol. The maximum absolute atomic E-state index is 5.88. The summed E-state index contributed by atoms with van der Waals surface area (Å²) in [4.78, 5) is 6.67. The van der Waals surface area contributed by atoms with Crippen molar-refractivity contribution in [3.05, 3.63) is 24.0 Å². The number of ether oxygens (including phenoxy) is 1. The van der Waals surface area contributed by atoms with E-state index in [1.165, 1.54) is 5.69 Å². The second-order valence-electron chi connectivity index (χ2n) is 7.20. The largest absolute Gasteiger partial charge is 0.377 e. The third-order valence-electron chi connectivity index (χ3n) is 5.41. The molecule has 2 aliphatic rings. The molecule has 0 spiro atoms. The van der Waals surface area contributed by atoms with Gasteiger partial charge in [-0.3, -0.25) is 4.99 Å². The Bertz CT molecular complexity index is 569. The minimum atomic E-state index is 0. The van der Waals surface area contributed by atoms with Crippen molar-refractivity contribution in [1.82, 2.24) is 14.8 Å². The number of aryl methyl sites for hydroxylation is 1. The van der Waals surface area contributed by atoms with Crippen LogP contribution in [0.2, 0.25) is 0 Å². The van der Waals surface area contributed by atoms with E-state index in [-0.39, 0.29) is 29.4 Å². The normalized spacial score (nSPS) is 28.6. The van der Waals surface area contributed by atoms with Gasteiger partial charge in [0.25, 0.3) is 0 Å². The maximum atomic E-state index is 5.88. The van der Waals surface area contributed by atoms with Gasteiger partial charge in [-0.2, -0.15) is 0 Å². The van der Waals surface area contributed by atoms with E-state index in [0.717, 1.165) is 25.5 Å². The molecule has 2 heterocycles. The first-order valence-electron chi connectivity index (χ1n) is 8.11. The smallest absolute Gasteiger partial charge is 0.193 e. The molecule has 1 saturated carbocycles. The number of rotatable bonds is 3. The Kier molecular flexibility index (Phi) is 5.66. The first kappa shape index (κ1) is 18.6. The predicted octanol–water partition coefficient (Wildman–Crippen LogP) is 2.46. The highest BCUT2D eigenvalue weighted by molar-refractivity contribution is 14.0. The fourth-order valence-corrected chi connectivity index (χ4v) is 4.08. The van der Waals surface area contributed by atoms with Crippen molar-refractivity contribution in [3.8, 4) is 0 Å². The summed E-state index contributed by atoms with van der Waals surface area (Å²) >= 11 is 0. The quantitative estimate of drug-likeness (QED) is 0.454. The average Bonchev–Trinajstić information content (AvgIpc) is 3.08. The number of guanidine groups is 1. The summed E-state index contributed by atoms with van der Waals surface area (Å²) in [7, 11) is 6.03. The molecule has 1 N–H and O–H groups in total. The Hall–Kier alpha value is -0.760. The molecular weight excluding hydrogens is 403 g/mol. The van der Waals surface area contributed by atoms with Crippen molar-refractivity contribution in [2.24, 2.45) is 23.4 Å². The Labute approximate surface area is 156 Å². The monoisotopic (exact) mass is 432 g/mol. The third kappa shape index (κ3) is 3.24. The van der Waals surface area contributed by atoms with E-state index in [2.05, 4.69) is 66.0 Å².